The predicted molar refractivity (Wildman–Crippen MR) is 62.2 cm³/mol. The fraction of sp³-hybridized carbons (Fsp3) is 0.417. The average molecular weight is 220 g/mol. The Bertz CT molecular complexity index is 392. The predicted octanol–water partition coefficient (Wildman–Crippen LogP) is 0.914. The van der Waals surface area contributed by atoms with Gasteiger partial charge in [0.25, 0.3) is 0 Å². The highest BCUT2D eigenvalue weighted by Gasteiger charge is 2.21. The van der Waals surface area contributed by atoms with Crippen molar-refractivity contribution in [3.05, 3.63) is 29.8 Å². The van der Waals surface area contributed by atoms with Crippen molar-refractivity contribution in [1.82, 2.24) is 0 Å². The second-order valence-electron chi connectivity index (χ2n) is 4.04. The number of primary amides is 1. The normalized spacial score (nSPS) is 20.7. The number of rotatable bonds is 3. The fourth-order valence-corrected chi connectivity index (χ4v) is 1.86. The van der Waals surface area contributed by atoms with Crippen LogP contribution in [-0.4, -0.2) is 24.7 Å². The summed E-state index contributed by atoms with van der Waals surface area (Å²) in [7, 11) is 0. The number of nitrogens with two attached hydrogens (primary N) is 1. The van der Waals surface area contributed by atoms with Gasteiger partial charge < -0.3 is 15.8 Å². The Morgan fingerprint density at radius 1 is 1.56 bits per heavy atom. The van der Waals surface area contributed by atoms with Gasteiger partial charge in [-0.3, -0.25) is 4.79 Å². The molecular formula is C12H16N2O2. The van der Waals surface area contributed by atoms with Gasteiger partial charge in [0.15, 0.2) is 0 Å². The molecule has 2 unspecified atom stereocenters. The third-order valence-corrected chi connectivity index (χ3v) is 2.78. The molecule has 1 heterocycles. The van der Waals surface area contributed by atoms with E-state index in [0.29, 0.717) is 6.54 Å². The summed E-state index contributed by atoms with van der Waals surface area (Å²) in [5, 5.41) is 3.28. The monoisotopic (exact) mass is 220 g/mol. The summed E-state index contributed by atoms with van der Waals surface area (Å²) >= 11 is 0. The van der Waals surface area contributed by atoms with E-state index in [4.69, 9.17) is 10.5 Å². The molecule has 4 heteroatoms. The lowest BCUT2D eigenvalue weighted by molar-refractivity contribution is -0.131. The molecule has 0 aromatic heterocycles. The van der Waals surface area contributed by atoms with E-state index in [1.54, 1.807) is 6.92 Å². The molecule has 1 aliphatic heterocycles. The highest BCUT2D eigenvalue weighted by molar-refractivity contribution is 5.78. The maximum Gasteiger partial charge on any atom is 0.246 e. The highest BCUT2D eigenvalue weighted by atomic mass is 16.5. The third-order valence-electron chi connectivity index (χ3n) is 2.78. The van der Waals surface area contributed by atoms with Crippen molar-refractivity contribution in [1.29, 1.82) is 0 Å². The van der Waals surface area contributed by atoms with Crippen LogP contribution in [0, 0.1) is 0 Å². The van der Waals surface area contributed by atoms with Crippen LogP contribution in [0.5, 0.6) is 0 Å². The third kappa shape index (κ3) is 2.33. The molecular weight excluding hydrogens is 204 g/mol. The number of benzene rings is 1. The second kappa shape index (κ2) is 4.53. The number of fused-ring (bicyclic) bond motifs is 1. The minimum absolute atomic E-state index is 0.0115. The van der Waals surface area contributed by atoms with Crippen LogP contribution in [-0.2, 0) is 16.0 Å². The van der Waals surface area contributed by atoms with Crippen molar-refractivity contribution in [2.75, 3.05) is 11.9 Å². The zero-order valence-corrected chi connectivity index (χ0v) is 9.27. The second-order valence-corrected chi connectivity index (χ2v) is 4.04. The Balaban J connectivity index is 2.00. The van der Waals surface area contributed by atoms with Crippen LogP contribution < -0.4 is 11.1 Å². The van der Waals surface area contributed by atoms with Crippen LogP contribution in [0.3, 0.4) is 0 Å². The van der Waals surface area contributed by atoms with E-state index in [-0.39, 0.29) is 6.10 Å². The van der Waals surface area contributed by atoms with Crippen LogP contribution >= 0.6 is 0 Å². The summed E-state index contributed by atoms with van der Waals surface area (Å²) in [6.07, 6.45) is 0.301. The molecule has 2 rings (SSSR count). The molecule has 0 radical (unpaired) electrons. The lowest BCUT2D eigenvalue weighted by Gasteiger charge is -2.27. The molecule has 1 aromatic rings. The number of carbonyl (C=O) groups is 1. The van der Waals surface area contributed by atoms with Gasteiger partial charge in [0, 0.05) is 18.7 Å². The number of nitrogens with one attached hydrogen (secondary N) is 1. The van der Waals surface area contributed by atoms with Crippen molar-refractivity contribution in [2.24, 2.45) is 5.73 Å². The van der Waals surface area contributed by atoms with Gasteiger partial charge in [0.05, 0.1) is 6.10 Å². The van der Waals surface area contributed by atoms with Gasteiger partial charge in [0.1, 0.15) is 6.10 Å². The summed E-state index contributed by atoms with van der Waals surface area (Å²) in [6.45, 7) is 2.40. The number of amides is 1. The van der Waals surface area contributed by atoms with Crippen molar-refractivity contribution < 1.29 is 9.53 Å². The maximum absolute atomic E-state index is 10.9. The van der Waals surface area contributed by atoms with E-state index in [0.717, 1.165) is 12.1 Å². The number of para-hydroxylation sites is 1. The van der Waals surface area contributed by atoms with Crippen LogP contribution in [0.4, 0.5) is 5.69 Å². The molecule has 2 atom stereocenters. The Morgan fingerprint density at radius 3 is 3.06 bits per heavy atom. The summed E-state index contributed by atoms with van der Waals surface area (Å²) < 4.78 is 5.57. The van der Waals surface area contributed by atoms with Gasteiger partial charge >= 0.3 is 0 Å². The molecule has 0 fully saturated rings. The Hall–Kier alpha value is -1.55. The fourth-order valence-electron chi connectivity index (χ4n) is 1.86. The molecule has 0 spiro atoms. The van der Waals surface area contributed by atoms with Crippen LogP contribution in [0.25, 0.3) is 0 Å². The SMILES string of the molecule is CC(OC1CNc2ccccc2C1)C(N)=O. The standard InChI is InChI=1S/C12H16N2O2/c1-8(12(13)15)16-10-6-9-4-2-3-5-11(9)14-7-10/h2-5,8,10,14H,6-7H2,1H3,(H2,13,15). The minimum atomic E-state index is -0.530. The first kappa shape index (κ1) is 11.0. The van der Waals surface area contributed by atoms with Gasteiger partial charge in [-0.2, -0.15) is 0 Å². The summed E-state index contributed by atoms with van der Waals surface area (Å²) in [5.74, 6) is -0.418. The molecule has 4 nitrogen and oxygen atoms in total. The first-order valence-electron chi connectivity index (χ1n) is 5.43. The zero-order chi connectivity index (χ0) is 11.5. The Labute approximate surface area is 94.8 Å². The van der Waals surface area contributed by atoms with Crippen molar-refractivity contribution >= 4 is 11.6 Å². The zero-order valence-electron chi connectivity index (χ0n) is 9.27. The van der Waals surface area contributed by atoms with E-state index in [1.165, 1.54) is 5.56 Å². The molecule has 0 bridgehead atoms. The van der Waals surface area contributed by atoms with E-state index >= 15 is 0 Å². The largest absolute Gasteiger partial charge is 0.382 e. The molecule has 0 saturated heterocycles. The summed E-state index contributed by atoms with van der Waals surface area (Å²) in [4.78, 5) is 10.9. The number of hydrogen-bond acceptors (Lipinski definition) is 3. The van der Waals surface area contributed by atoms with E-state index in [2.05, 4.69) is 11.4 Å². The lowest BCUT2D eigenvalue weighted by atomic mass is 10.0. The van der Waals surface area contributed by atoms with Crippen molar-refractivity contribution in [3.63, 3.8) is 0 Å². The molecule has 0 saturated carbocycles. The summed E-state index contributed by atoms with van der Waals surface area (Å²) in [5.41, 5.74) is 7.53. The number of ether oxygens (including phenoxy) is 1. The average Bonchev–Trinajstić information content (AvgIpc) is 2.28. The smallest absolute Gasteiger partial charge is 0.246 e. The molecule has 1 aromatic carbocycles. The Morgan fingerprint density at radius 2 is 2.31 bits per heavy atom. The molecule has 16 heavy (non-hydrogen) atoms. The van der Waals surface area contributed by atoms with Gasteiger partial charge in [-0.05, 0) is 18.6 Å². The number of hydrogen-bond donors (Lipinski definition) is 2. The first-order chi connectivity index (χ1) is 7.66. The van der Waals surface area contributed by atoms with Gasteiger partial charge in [0.2, 0.25) is 5.91 Å². The Kier molecular flexibility index (Phi) is 3.10. The van der Waals surface area contributed by atoms with E-state index < -0.39 is 12.0 Å². The van der Waals surface area contributed by atoms with Crippen LogP contribution in [0.15, 0.2) is 24.3 Å². The molecule has 0 aliphatic carbocycles. The molecule has 86 valence electrons. The van der Waals surface area contributed by atoms with Crippen LogP contribution in [0.2, 0.25) is 0 Å². The van der Waals surface area contributed by atoms with E-state index in [1.807, 2.05) is 18.2 Å². The van der Waals surface area contributed by atoms with Gasteiger partial charge in [-0.25, -0.2) is 0 Å². The summed E-state index contributed by atoms with van der Waals surface area (Å²) in [6, 6.07) is 8.11. The maximum atomic E-state index is 10.9. The lowest BCUT2D eigenvalue weighted by Crippen LogP contribution is -2.38. The molecule has 1 aliphatic rings. The van der Waals surface area contributed by atoms with Crippen molar-refractivity contribution in [2.45, 2.75) is 25.6 Å². The van der Waals surface area contributed by atoms with Crippen LogP contribution in [0.1, 0.15) is 12.5 Å². The number of anilines is 1. The topological polar surface area (TPSA) is 64.3 Å². The van der Waals surface area contributed by atoms with Gasteiger partial charge in [-0.15, -0.1) is 0 Å². The van der Waals surface area contributed by atoms with E-state index in [9.17, 15) is 4.79 Å². The number of carbonyl (C=O) groups excluding carboxylic acids is 1. The van der Waals surface area contributed by atoms with Crippen molar-refractivity contribution in [3.8, 4) is 0 Å². The van der Waals surface area contributed by atoms with Gasteiger partial charge in [-0.1, -0.05) is 18.2 Å². The highest BCUT2D eigenvalue weighted by Crippen LogP contribution is 2.22. The molecule has 1 amide bonds. The first-order valence-corrected chi connectivity index (χ1v) is 5.43. The molecule has 3 N–H and O–H groups in total. The quantitative estimate of drug-likeness (QED) is 0.796. The minimum Gasteiger partial charge on any atom is -0.382 e.